The second kappa shape index (κ2) is 9.28. The van der Waals surface area contributed by atoms with E-state index < -0.39 is 5.41 Å². The van der Waals surface area contributed by atoms with Crippen LogP contribution in [0.15, 0.2) is 0 Å². The Morgan fingerprint density at radius 3 is 2.30 bits per heavy atom. The van der Waals surface area contributed by atoms with Crippen LogP contribution in [0.2, 0.25) is 0 Å². The monoisotopic (exact) mass is 289 g/mol. The van der Waals surface area contributed by atoms with Crippen molar-refractivity contribution in [1.29, 1.82) is 0 Å². The van der Waals surface area contributed by atoms with E-state index in [-0.39, 0.29) is 18.6 Å². The summed E-state index contributed by atoms with van der Waals surface area (Å²) in [5.41, 5.74) is 5.44. The van der Waals surface area contributed by atoms with Gasteiger partial charge in [-0.2, -0.15) is 0 Å². The number of hydrogen-bond donors (Lipinski definition) is 1. The number of carbonyl (C=O) groups is 1. The molecule has 1 aliphatic carbocycles. The summed E-state index contributed by atoms with van der Waals surface area (Å²) in [6, 6.07) is -0.0925. The van der Waals surface area contributed by atoms with Crippen molar-refractivity contribution in [3.05, 3.63) is 0 Å². The molecule has 1 rings (SSSR count). The summed E-state index contributed by atoms with van der Waals surface area (Å²) >= 11 is 0. The molecule has 118 valence electrons. The van der Waals surface area contributed by atoms with Gasteiger partial charge < -0.3 is 24.7 Å². The third-order valence-electron chi connectivity index (χ3n) is 3.76. The molecule has 2 atom stereocenters. The van der Waals surface area contributed by atoms with Crippen molar-refractivity contribution in [2.24, 2.45) is 11.1 Å². The highest BCUT2D eigenvalue weighted by Crippen LogP contribution is 2.37. The first-order valence-electron chi connectivity index (χ1n) is 7.18. The van der Waals surface area contributed by atoms with Gasteiger partial charge in [0.1, 0.15) is 6.61 Å². The van der Waals surface area contributed by atoms with Crippen LogP contribution in [-0.2, 0) is 23.7 Å². The summed E-state index contributed by atoms with van der Waals surface area (Å²) in [5.74, 6) is -0.206. The fourth-order valence-electron chi connectivity index (χ4n) is 2.27. The zero-order chi connectivity index (χ0) is 14.8. The lowest BCUT2D eigenvalue weighted by Gasteiger charge is -2.26. The maximum Gasteiger partial charge on any atom is 0.313 e. The van der Waals surface area contributed by atoms with Gasteiger partial charge >= 0.3 is 5.97 Å². The predicted octanol–water partition coefficient (Wildman–Crippen LogP) is 0.727. The number of ether oxygens (including phenoxy) is 4. The van der Waals surface area contributed by atoms with Crippen molar-refractivity contribution in [3.8, 4) is 0 Å². The van der Waals surface area contributed by atoms with Crippen molar-refractivity contribution in [2.75, 3.05) is 46.8 Å². The Kier molecular flexibility index (Phi) is 8.06. The molecule has 2 unspecified atom stereocenters. The van der Waals surface area contributed by atoms with E-state index in [1.54, 1.807) is 7.11 Å². The number of esters is 1. The number of rotatable bonds is 10. The van der Waals surface area contributed by atoms with Gasteiger partial charge in [0.25, 0.3) is 0 Å². The molecule has 0 aromatic rings. The summed E-state index contributed by atoms with van der Waals surface area (Å²) in [7, 11) is 1.63. The van der Waals surface area contributed by atoms with Gasteiger partial charge in [0.05, 0.1) is 38.4 Å². The molecule has 0 aromatic heterocycles. The van der Waals surface area contributed by atoms with Gasteiger partial charge in [-0.05, 0) is 19.8 Å². The number of methoxy groups -OCH3 is 1. The molecule has 0 spiro atoms. The quantitative estimate of drug-likeness (QED) is 0.472. The van der Waals surface area contributed by atoms with E-state index in [0.717, 1.165) is 19.3 Å². The fraction of sp³-hybridized carbons (Fsp3) is 0.929. The van der Waals surface area contributed by atoms with Crippen LogP contribution in [0.25, 0.3) is 0 Å². The SMILES string of the molecule is COCCOCCOCCOC(=O)C1(C)CCCC1N. The molecule has 2 N–H and O–H groups in total. The molecule has 0 aliphatic heterocycles. The zero-order valence-corrected chi connectivity index (χ0v) is 12.6. The van der Waals surface area contributed by atoms with E-state index in [1.165, 1.54) is 0 Å². The first-order chi connectivity index (χ1) is 9.61. The maximum atomic E-state index is 12.0. The smallest absolute Gasteiger partial charge is 0.313 e. The van der Waals surface area contributed by atoms with Crippen LogP contribution in [0.5, 0.6) is 0 Å². The summed E-state index contributed by atoms with van der Waals surface area (Å²) in [6.45, 7) is 4.67. The summed E-state index contributed by atoms with van der Waals surface area (Å²) in [5, 5.41) is 0. The molecule has 0 amide bonds. The normalized spacial score (nSPS) is 25.9. The Bertz CT molecular complexity index is 287. The lowest BCUT2D eigenvalue weighted by molar-refractivity contribution is -0.157. The Balaban J connectivity index is 2.00. The molecule has 0 saturated heterocycles. The van der Waals surface area contributed by atoms with Crippen molar-refractivity contribution in [1.82, 2.24) is 0 Å². The Hall–Kier alpha value is -0.690. The highest BCUT2D eigenvalue weighted by atomic mass is 16.6. The first kappa shape index (κ1) is 17.4. The minimum atomic E-state index is -0.525. The highest BCUT2D eigenvalue weighted by molar-refractivity contribution is 5.77. The predicted molar refractivity (Wildman–Crippen MR) is 74.4 cm³/mol. The van der Waals surface area contributed by atoms with Crippen LogP contribution in [0.3, 0.4) is 0 Å². The van der Waals surface area contributed by atoms with Crippen LogP contribution in [0.1, 0.15) is 26.2 Å². The van der Waals surface area contributed by atoms with E-state index in [1.807, 2.05) is 6.92 Å². The standard InChI is InChI=1S/C14H27NO5/c1-14(5-3-4-12(14)15)13(16)20-11-10-19-9-8-18-7-6-17-2/h12H,3-11,15H2,1-2H3. The summed E-state index contributed by atoms with van der Waals surface area (Å²) in [4.78, 5) is 12.0. The minimum Gasteiger partial charge on any atom is -0.463 e. The van der Waals surface area contributed by atoms with Crippen LogP contribution >= 0.6 is 0 Å². The van der Waals surface area contributed by atoms with Crippen LogP contribution in [0, 0.1) is 5.41 Å². The Labute approximate surface area is 120 Å². The van der Waals surface area contributed by atoms with E-state index in [0.29, 0.717) is 33.0 Å². The topological polar surface area (TPSA) is 80.0 Å². The van der Waals surface area contributed by atoms with Crippen LogP contribution in [0.4, 0.5) is 0 Å². The largest absolute Gasteiger partial charge is 0.463 e. The molecule has 0 radical (unpaired) electrons. The van der Waals surface area contributed by atoms with Crippen LogP contribution in [-0.4, -0.2) is 58.8 Å². The average Bonchev–Trinajstić information content (AvgIpc) is 2.78. The molecule has 0 aromatic carbocycles. The van der Waals surface area contributed by atoms with Gasteiger partial charge in [0, 0.05) is 13.2 Å². The van der Waals surface area contributed by atoms with E-state index in [2.05, 4.69) is 0 Å². The van der Waals surface area contributed by atoms with Crippen molar-refractivity contribution in [2.45, 2.75) is 32.2 Å². The van der Waals surface area contributed by atoms with Gasteiger partial charge in [-0.15, -0.1) is 0 Å². The molecule has 0 heterocycles. The molecule has 1 saturated carbocycles. The van der Waals surface area contributed by atoms with E-state index in [4.69, 9.17) is 24.7 Å². The first-order valence-corrected chi connectivity index (χ1v) is 7.18. The molecule has 20 heavy (non-hydrogen) atoms. The molecular formula is C14H27NO5. The average molecular weight is 289 g/mol. The van der Waals surface area contributed by atoms with Crippen molar-refractivity contribution < 1.29 is 23.7 Å². The second-order valence-corrected chi connectivity index (χ2v) is 5.27. The lowest BCUT2D eigenvalue weighted by Crippen LogP contribution is -2.42. The molecule has 1 fully saturated rings. The zero-order valence-electron chi connectivity index (χ0n) is 12.6. The number of hydrogen-bond acceptors (Lipinski definition) is 6. The van der Waals surface area contributed by atoms with E-state index >= 15 is 0 Å². The minimum absolute atomic E-state index is 0.0925. The number of nitrogens with two attached hydrogens (primary N) is 1. The fourth-order valence-corrected chi connectivity index (χ4v) is 2.27. The Morgan fingerprint density at radius 2 is 1.75 bits per heavy atom. The van der Waals surface area contributed by atoms with Gasteiger partial charge in [-0.1, -0.05) is 6.42 Å². The van der Waals surface area contributed by atoms with Gasteiger partial charge in [0.2, 0.25) is 0 Å². The third-order valence-corrected chi connectivity index (χ3v) is 3.76. The highest BCUT2D eigenvalue weighted by Gasteiger charge is 2.44. The molecule has 1 aliphatic rings. The van der Waals surface area contributed by atoms with Crippen molar-refractivity contribution in [3.63, 3.8) is 0 Å². The van der Waals surface area contributed by atoms with Gasteiger partial charge in [-0.3, -0.25) is 4.79 Å². The maximum absolute atomic E-state index is 12.0. The summed E-state index contributed by atoms with van der Waals surface area (Å²) in [6.07, 6.45) is 2.68. The summed E-state index contributed by atoms with van der Waals surface area (Å²) < 4.78 is 20.6. The van der Waals surface area contributed by atoms with Gasteiger partial charge in [0.15, 0.2) is 0 Å². The van der Waals surface area contributed by atoms with Crippen molar-refractivity contribution >= 4 is 5.97 Å². The van der Waals surface area contributed by atoms with Gasteiger partial charge in [-0.25, -0.2) is 0 Å². The lowest BCUT2D eigenvalue weighted by atomic mass is 9.85. The van der Waals surface area contributed by atoms with Crippen LogP contribution < -0.4 is 5.73 Å². The molecule has 6 heteroatoms. The molecule has 6 nitrogen and oxygen atoms in total. The molecule has 0 bridgehead atoms. The number of carbonyl (C=O) groups excluding carboxylic acids is 1. The second-order valence-electron chi connectivity index (χ2n) is 5.27. The van der Waals surface area contributed by atoms with E-state index in [9.17, 15) is 4.79 Å². The molecular weight excluding hydrogens is 262 g/mol. The Morgan fingerprint density at radius 1 is 1.15 bits per heavy atom. The third kappa shape index (κ3) is 5.36.